The van der Waals surface area contributed by atoms with Gasteiger partial charge in [-0.1, -0.05) is 23.7 Å². The van der Waals surface area contributed by atoms with E-state index in [1.54, 1.807) is 48.5 Å². The maximum Gasteiger partial charge on any atom is 0.343 e. The Kier molecular flexibility index (Phi) is 5.04. The lowest BCUT2D eigenvalue weighted by Crippen LogP contribution is -2.16. The van der Waals surface area contributed by atoms with Crippen LogP contribution in [0.3, 0.4) is 0 Å². The van der Waals surface area contributed by atoms with Gasteiger partial charge in [-0.2, -0.15) is 0 Å². The van der Waals surface area contributed by atoms with Gasteiger partial charge < -0.3 is 9.15 Å². The van der Waals surface area contributed by atoms with Crippen LogP contribution in [0.1, 0.15) is 10.4 Å². The predicted molar refractivity (Wildman–Crippen MR) is 111 cm³/mol. The Balaban J connectivity index is 1.82. The molecule has 0 N–H and O–H groups in total. The molecular formula is C22H12ClNO6. The second-order valence-electron chi connectivity index (χ2n) is 6.29. The van der Waals surface area contributed by atoms with E-state index in [-0.39, 0.29) is 28.1 Å². The van der Waals surface area contributed by atoms with Crippen molar-refractivity contribution in [1.82, 2.24) is 0 Å². The fraction of sp³-hybridized carbons (Fsp3) is 0. The zero-order valence-electron chi connectivity index (χ0n) is 15.2. The molecule has 0 fully saturated rings. The number of hydrogen-bond acceptors (Lipinski definition) is 6. The molecule has 0 aliphatic rings. The molecule has 1 aromatic heterocycles. The van der Waals surface area contributed by atoms with E-state index in [0.29, 0.717) is 16.2 Å². The van der Waals surface area contributed by atoms with Crippen LogP contribution in [-0.4, -0.2) is 10.9 Å². The number of benzene rings is 3. The molecule has 30 heavy (non-hydrogen) atoms. The van der Waals surface area contributed by atoms with Gasteiger partial charge in [-0.3, -0.25) is 14.9 Å². The minimum Gasteiger partial charge on any atom is -0.452 e. The minimum absolute atomic E-state index is 0.0511. The molecule has 0 saturated carbocycles. The monoisotopic (exact) mass is 421 g/mol. The van der Waals surface area contributed by atoms with Crippen LogP contribution in [0.15, 0.2) is 82.0 Å². The van der Waals surface area contributed by atoms with Crippen LogP contribution < -0.4 is 10.2 Å². The molecular weight excluding hydrogens is 410 g/mol. The first-order valence-corrected chi connectivity index (χ1v) is 9.10. The summed E-state index contributed by atoms with van der Waals surface area (Å²) in [6.45, 7) is 0. The van der Waals surface area contributed by atoms with Crippen molar-refractivity contribution in [1.29, 1.82) is 0 Å². The number of esters is 1. The number of para-hydroxylation sites is 1. The molecule has 0 unspecified atom stereocenters. The third-order valence-electron chi connectivity index (χ3n) is 4.37. The Morgan fingerprint density at radius 3 is 2.30 bits per heavy atom. The molecule has 4 rings (SSSR count). The Hall–Kier alpha value is -3.97. The summed E-state index contributed by atoms with van der Waals surface area (Å²) in [6.07, 6.45) is 0. The van der Waals surface area contributed by atoms with Crippen LogP contribution >= 0.6 is 11.6 Å². The van der Waals surface area contributed by atoms with Gasteiger partial charge in [0, 0.05) is 22.7 Å². The molecule has 4 aromatic rings. The summed E-state index contributed by atoms with van der Waals surface area (Å²) < 4.78 is 11.3. The molecule has 0 saturated heterocycles. The minimum atomic E-state index is -0.845. The average molecular weight is 422 g/mol. The molecule has 0 amide bonds. The molecule has 7 nitrogen and oxygen atoms in total. The number of ether oxygens (including phenoxy) is 1. The summed E-state index contributed by atoms with van der Waals surface area (Å²) in [4.78, 5) is 35.9. The van der Waals surface area contributed by atoms with Crippen LogP contribution in [0.4, 0.5) is 5.69 Å². The van der Waals surface area contributed by atoms with Crippen molar-refractivity contribution < 1.29 is 18.9 Å². The second-order valence-corrected chi connectivity index (χ2v) is 6.72. The van der Waals surface area contributed by atoms with Crippen molar-refractivity contribution in [2.24, 2.45) is 0 Å². The molecule has 0 aliphatic carbocycles. The standard InChI is InChI=1S/C22H12ClNO6/c23-15-9-5-13(6-10-15)20-21(19(25)17-3-1-2-4-18(17)29-20)30-22(26)14-7-11-16(12-8-14)24(27)28/h1-12H. The Morgan fingerprint density at radius 1 is 0.967 bits per heavy atom. The molecule has 3 aromatic carbocycles. The largest absolute Gasteiger partial charge is 0.452 e. The first-order valence-electron chi connectivity index (χ1n) is 8.72. The highest BCUT2D eigenvalue weighted by Crippen LogP contribution is 2.32. The molecule has 148 valence electrons. The van der Waals surface area contributed by atoms with Crippen molar-refractivity contribution in [3.05, 3.63) is 104 Å². The lowest BCUT2D eigenvalue weighted by molar-refractivity contribution is -0.384. The van der Waals surface area contributed by atoms with E-state index in [4.69, 9.17) is 20.8 Å². The van der Waals surface area contributed by atoms with E-state index in [1.807, 2.05) is 0 Å². The smallest absolute Gasteiger partial charge is 0.343 e. The molecule has 8 heteroatoms. The van der Waals surface area contributed by atoms with Gasteiger partial charge >= 0.3 is 5.97 Å². The zero-order chi connectivity index (χ0) is 21.3. The molecule has 0 bridgehead atoms. The average Bonchev–Trinajstić information content (AvgIpc) is 2.76. The quantitative estimate of drug-likeness (QED) is 0.254. The summed E-state index contributed by atoms with van der Waals surface area (Å²) in [7, 11) is 0. The maximum absolute atomic E-state index is 13.0. The lowest BCUT2D eigenvalue weighted by atomic mass is 10.1. The number of nitro benzene ring substituents is 1. The van der Waals surface area contributed by atoms with Crippen LogP contribution in [0.2, 0.25) is 5.02 Å². The number of fused-ring (bicyclic) bond motifs is 1. The highest BCUT2D eigenvalue weighted by Gasteiger charge is 2.21. The number of carbonyl (C=O) groups excluding carboxylic acids is 1. The number of non-ortho nitro benzene ring substituents is 1. The molecule has 0 aliphatic heterocycles. The van der Waals surface area contributed by atoms with Crippen LogP contribution in [-0.2, 0) is 0 Å². The zero-order valence-corrected chi connectivity index (χ0v) is 16.0. The Bertz CT molecular complexity index is 1330. The van der Waals surface area contributed by atoms with Gasteiger partial charge in [0.25, 0.3) is 5.69 Å². The normalized spacial score (nSPS) is 10.7. The topological polar surface area (TPSA) is 99.7 Å². The van der Waals surface area contributed by atoms with Crippen molar-refractivity contribution in [3.8, 4) is 17.1 Å². The number of hydrogen-bond donors (Lipinski definition) is 0. The van der Waals surface area contributed by atoms with E-state index in [9.17, 15) is 19.7 Å². The number of carbonyl (C=O) groups is 1. The molecule has 0 spiro atoms. The van der Waals surface area contributed by atoms with Crippen LogP contribution in [0, 0.1) is 10.1 Å². The Morgan fingerprint density at radius 2 is 1.63 bits per heavy atom. The summed E-state index contributed by atoms with van der Waals surface area (Å²) in [5.41, 5.74) is 0.197. The second kappa shape index (κ2) is 7.81. The van der Waals surface area contributed by atoms with Crippen molar-refractivity contribution in [3.63, 3.8) is 0 Å². The summed E-state index contributed by atoms with van der Waals surface area (Å²) in [6, 6.07) is 18.0. The van der Waals surface area contributed by atoms with Crippen LogP contribution in [0.25, 0.3) is 22.3 Å². The van der Waals surface area contributed by atoms with E-state index in [1.165, 1.54) is 24.3 Å². The molecule has 1 heterocycles. The Labute approximate surface area is 174 Å². The first-order chi connectivity index (χ1) is 14.4. The van der Waals surface area contributed by atoms with Gasteiger partial charge in [-0.15, -0.1) is 0 Å². The molecule has 0 radical (unpaired) electrons. The highest BCUT2D eigenvalue weighted by atomic mass is 35.5. The van der Waals surface area contributed by atoms with E-state index in [0.717, 1.165) is 0 Å². The van der Waals surface area contributed by atoms with Crippen molar-refractivity contribution in [2.75, 3.05) is 0 Å². The first kappa shape index (κ1) is 19.4. The van der Waals surface area contributed by atoms with Gasteiger partial charge in [0.2, 0.25) is 11.2 Å². The fourth-order valence-electron chi connectivity index (χ4n) is 2.88. The number of nitrogens with zero attached hydrogens (tertiary/aromatic N) is 1. The van der Waals surface area contributed by atoms with Crippen molar-refractivity contribution >= 4 is 34.2 Å². The predicted octanol–water partition coefficient (Wildman–Crippen LogP) is 5.24. The summed E-state index contributed by atoms with van der Waals surface area (Å²) >= 11 is 5.94. The lowest BCUT2D eigenvalue weighted by Gasteiger charge is -2.10. The number of rotatable bonds is 4. The van der Waals surface area contributed by atoms with E-state index in [2.05, 4.69) is 0 Å². The highest BCUT2D eigenvalue weighted by molar-refractivity contribution is 6.30. The SMILES string of the molecule is O=C(Oc1c(-c2ccc(Cl)cc2)oc2ccccc2c1=O)c1ccc([N+](=O)[O-])cc1. The third-order valence-corrected chi connectivity index (χ3v) is 4.62. The van der Waals surface area contributed by atoms with Gasteiger partial charge in [0.15, 0.2) is 5.76 Å². The van der Waals surface area contributed by atoms with Gasteiger partial charge in [-0.05, 0) is 48.5 Å². The van der Waals surface area contributed by atoms with Crippen LogP contribution in [0.5, 0.6) is 5.75 Å². The summed E-state index contributed by atoms with van der Waals surface area (Å²) in [5, 5.41) is 11.5. The molecule has 0 atom stereocenters. The van der Waals surface area contributed by atoms with E-state index < -0.39 is 16.3 Å². The van der Waals surface area contributed by atoms with Gasteiger partial charge in [-0.25, -0.2) is 4.79 Å². The third kappa shape index (κ3) is 3.66. The van der Waals surface area contributed by atoms with E-state index >= 15 is 0 Å². The van der Waals surface area contributed by atoms with Crippen molar-refractivity contribution in [2.45, 2.75) is 0 Å². The maximum atomic E-state index is 13.0. The van der Waals surface area contributed by atoms with Gasteiger partial charge in [0.05, 0.1) is 15.9 Å². The number of halogens is 1. The fourth-order valence-corrected chi connectivity index (χ4v) is 3.01. The van der Waals surface area contributed by atoms with Gasteiger partial charge in [0.1, 0.15) is 5.58 Å². The number of nitro groups is 1. The summed E-state index contributed by atoms with van der Waals surface area (Å²) in [5.74, 6) is -1.05.